The van der Waals surface area contributed by atoms with Crippen LogP contribution in [0.15, 0.2) is 48.5 Å². The zero-order valence-corrected chi connectivity index (χ0v) is 14.4. The average molecular weight is 353 g/mol. The third-order valence-electron chi connectivity index (χ3n) is 5.13. The summed E-state index contributed by atoms with van der Waals surface area (Å²) in [5, 5.41) is 10.9. The molecule has 0 bridgehead atoms. The summed E-state index contributed by atoms with van der Waals surface area (Å²) in [5.41, 5.74) is 1.73. The second kappa shape index (κ2) is 6.42. The predicted molar refractivity (Wildman–Crippen MR) is 96.0 cm³/mol. The lowest BCUT2D eigenvalue weighted by molar-refractivity contribution is -0.384. The molecule has 2 aromatic rings. The van der Waals surface area contributed by atoms with Gasteiger partial charge in [0.05, 0.1) is 18.1 Å². The van der Waals surface area contributed by atoms with Gasteiger partial charge in [0, 0.05) is 24.4 Å². The highest BCUT2D eigenvalue weighted by atomic mass is 16.6. The van der Waals surface area contributed by atoms with Crippen LogP contribution in [0.2, 0.25) is 0 Å². The van der Waals surface area contributed by atoms with Crippen LogP contribution in [0, 0.1) is 10.1 Å². The van der Waals surface area contributed by atoms with Gasteiger partial charge in [-0.15, -0.1) is 0 Å². The Morgan fingerprint density at radius 3 is 2.42 bits per heavy atom. The Morgan fingerprint density at radius 1 is 1.12 bits per heavy atom. The molecule has 0 aliphatic carbocycles. The van der Waals surface area contributed by atoms with Crippen molar-refractivity contribution in [2.45, 2.75) is 25.0 Å². The molecule has 0 saturated carbocycles. The van der Waals surface area contributed by atoms with Crippen LogP contribution in [0.5, 0.6) is 5.75 Å². The minimum Gasteiger partial charge on any atom is -0.497 e. The molecule has 7 heteroatoms. The number of non-ortho nitro benzene ring substituents is 1. The molecule has 2 aliphatic heterocycles. The Morgan fingerprint density at radius 2 is 1.81 bits per heavy atom. The number of hydrogen-bond donors (Lipinski definition) is 0. The fraction of sp³-hybridized carbons (Fsp3) is 0.316. The van der Waals surface area contributed by atoms with E-state index in [1.807, 2.05) is 24.3 Å². The molecule has 26 heavy (non-hydrogen) atoms. The van der Waals surface area contributed by atoms with Crippen LogP contribution < -0.4 is 9.64 Å². The Kier molecular flexibility index (Phi) is 4.08. The first kappa shape index (κ1) is 16.5. The molecule has 0 N–H and O–H groups in total. The summed E-state index contributed by atoms with van der Waals surface area (Å²) >= 11 is 0. The number of fused-ring (bicyclic) bond motifs is 1. The van der Waals surface area contributed by atoms with Gasteiger partial charge in [-0.25, -0.2) is 0 Å². The lowest BCUT2D eigenvalue weighted by Gasteiger charge is -2.29. The fourth-order valence-electron chi connectivity index (χ4n) is 3.90. The first-order valence-corrected chi connectivity index (χ1v) is 8.57. The predicted octanol–water partition coefficient (Wildman–Crippen LogP) is 3.11. The molecule has 0 radical (unpaired) electrons. The highest BCUT2D eigenvalue weighted by Gasteiger charge is 2.49. The van der Waals surface area contributed by atoms with Crippen LogP contribution >= 0.6 is 0 Å². The largest absolute Gasteiger partial charge is 0.497 e. The summed E-state index contributed by atoms with van der Waals surface area (Å²) in [6.45, 7) is 0.838. The number of amides is 1. The Labute approximate surface area is 150 Å². The van der Waals surface area contributed by atoms with Gasteiger partial charge < -0.3 is 4.74 Å². The second-order valence-corrected chi connectivity index (χ2v) is 6.52. The molecular formula is C19H19N3O4. The van der Waals surface area contributed by atoms with Gasteiger partial charge in [-0.1, -0.05) is 0 Å². The Bertz CT molecular complexity index is 835. The van der Waals surface area contributed by atoms with E-state index in [1.165, 1.54) is 12.1 Å². The molecule has 7 nitrogen and oxygen atoms in total. The van der Waals surface area contributed by atoms with E-state index in [2.05, 4.69) is 4.90 Å². The highest BCUT2D eigenvalue weighted by Crippen LogP contribution is 2.42. The van der Waals surface area contributed by atoms with Gasteiger partial charge in [0.25, 0.3) is 5.69 Å². The number of rotatable bonds is 4. The first-order valence-electron chi connectivity index (χ1n) is 8.57. The van der Waals surface area contributed by atoms with Crippen LogP contribution in [0.3, 0.4) is 0 Å². The number of carbonyl (C=O) groups excluding carboxylic acids is 1. The summed E-state index contributed by atoms with van der Waals surface area (Å²) in [7, 11) is 1.60. The molecule has 2 unspecified atom stereocenters. The summed E-state index contributed by atoms with van der Waals surface area (Å²) in [5.74, 6) is 0.809. The molecule has 2 aromatic carbocycles. The van der Waals surface area contributed by atoms with E-state index in [0.29, 0.717) is 0 Å². The number of nitrogens with zero attached hydrogens (tertiary/aromatic N) is 3. The van der Waals surface area contributed by atoms with E-state index in [-0.39, 0.29) is 23.8 Å². The number of nitro groups is 1. The molecule has 2 saturated heterocycles. The van der Waals surface area contributed by atoms with Crippen molar-refractivity contribution in [1.29, 1.82) is 0 Å². The summed E-state index contributed by atoms with van der Waals surface area (Å²) in [6.07, 6.45) is 1.58. The van der Waals surface area contributed by atoms with Gasteiger partial charge in [0.2, 0.25) is 5.91 Å². The standard InChI is InChI=1S/C19H19N3O4/c1-26-16-10-8-14(9-11-16)21-18(20-12-2-3-17(20)19(21)23)13-4-6-15(7-5-13)22(24)25/h4-11,17-18H,2-3,12H2,1H3. The van der Waals surface area contributed by atoms with E-state index in [0.717, 1.165) is 36.4 Å². The van der Waals surface area contributed by atoms with Crippen LogP contribution in [0.25, 0.3) is 0 Å². The van der Waals surface area contributed by atoms with E-state index in [4.69, 9.17) is 4.74 Å². The maximum Gasteiger partial charge on any atom is 0.269 e. The molecule has 2 aliphatic rings. The third-order valence-corrected chi connectivity index (χ3v) is 5.13. The number of anilines is 1. The number of hydrogen-bond acceptors (Lipinski definition) is 5. The molecule has 134 valence electrons. The molecule has 0 spiro atoms. The number of nitro benzene ring substituents is 1. The molecule has 2 heterocycles. The SMILES string of the molecule is COc1ccc(N2C(=O)C3CCCN3C2c2ccc([N+](=O)[O-])cc2)cc1. The van der Waals surface area contributed by atoms with Crippen molar-refractivity contribution in [2.75, 3.05) is 18.6 Å². The van der Waals surface area contributed by atoms with Gasteiger partial charge in [-0.3, -0.25) is 24.7 Å². The van der Waals surface area contributed by atoms with Gasteiger partial charge in [-0.05, 0) is 54.8 Å². The highest BCUT2D eigenvalue weighted by molar-refractivity contribution is 6.00. The Balaban J connectivity index is 1.74. The quantitative estimate of drug-likeness (QED) is 0.623. The topological polar surface area (TPSA) is 75.9 Å². The Hall–Kier alpha value is -2.93. The van der Waals surface area contributed by atoms with Gasteiger partial charge in [0.1, 0.15) is 11.9 Å². The minimum absolute atomic E-state index is 0.0482. The molecule has 0 aromatic heterocycles. The lowest BCUT2D eigenvalue weighted by Crippen LogP contribution is -2.32. The fourth-order valence-corrected chi connectivity index (χ4v) is 3.90. The van der Waals surface area contributed by atoms with Crippen molar-refractivity contribution in [3.63, 3.8) is 0 Å². The second-order valence-electron chi connectivity index (χ2n) is 6.52. The van der Waals surface area contributed by atoms with E-state index in [1.54, 1.807) is 24.1 Å². The monoisotopic (exact) mass is 353 g/mol. The number of ether oxygens (including phenoxy) is 1. The third kappa shape index (κ3) is 2.61. The van der Waals surface area contributed by atoms with E-state index >= 15 is 0 Å². The molecule has 2 atom stereocenters. The summed E-state index contributed by atoms with van der Waals surface area (Å²) in [4.78, 5) is 27.5. The van der Waals surface area contributed by atoms with Gasteiger partial charge >= 0.3 is 0 Å². The first-order chi connectivity index (χ1) is 12.6. The minimum atomic E-state index is -0.413. The lowest BCUT2D eigenvalue weighted by atomic mass is 10.1. The maximum absolute atomic E-state index is 13.0. The van der Waals surface area contributed by atoms with Crippen molar-refractivity contribution in [3.05, 3.63) is 64.2 Å². The van der Waals surface area contributed by atoms with Crippen LogP contribution in [0.4, 0.5) is 11.4 Å². The van der Waals surface area contributed by atoms with Gasteiger partial charge in [0.15, 0.2) is 0 Å². The van der Waals surface area contributed by atoms with Crippen molar-refractivity contribution in [3.8, 4) is 5.75 Å². The van der Waals surface area contributed by atoms with Crippen LogP contribution in [-0.2, 0) is 4.79 Å². The normalized spacial score (nSPS) is 22.5. The average Bonchev–Trinajstić information content (AvgIpc) is 3.24. The van der Waals surface area contributed by atoms with Crippen molar-refractivity contribution < 1.29 is 14.5 Å². The molecule has 2 fully saturated rings. The van der Waals surface area contributed by atoms with E-state index < -0.39 is 4.92 Å². The molecule has 4 rings (SSSR count). The number of benzene rings is 2. The van der Waals surface area contributed by atoms with Gasteiger partial charge in [-0.2, -0.15) is 0 Å². The zero-order chi connectivity index (χ0) is 18.3. The van der Waals surface area contributed by atoms with Crippen molar-refractivity contribution >= 4 is 17.3 Å². The molecular weight excluding hydrogens is 334 g/mol. The summed E-state index contributed by atoms with van der Waals surface area (Å²) < 4.78 is 5.20. The summed E-state index contributed by atoms with van der Waals surface area (Å²) in [6, 6.07) is 13.8. The smallest absolute Gasteiger partial charge is 0.269 e. The van der Waals surface area contributed by atoms with Crippen molar-refractivity contribution in [1.82, 2.24) is 4.90 Å². The zero-order valence-electron chi connectivity index (χ0n) is 14.4. The van der Waals surface area contributed by atoms with Crippen LogP contribution in [0.1, 0.15) is 24.6 Å². The maximum atomic E-state index is 13.0. The molecule has 1 amide bonds. The van der Waals surface area contributed by atoms with Crippen LogP contribution in [-0.4, -0.2) is 35.4 Å². The number of methoxy groups -OCH3 is 1. The number of carbonyl (C=O) groups is 1. The van der Waals surface area contributed by atoms with Crippen molar-refractivity contribution in [2.24, 2.45) is 0 Å². The van der Waals surface area contributed by atoms with E-state index in [9.17, 15) is 14.9 Å².